The van der Waals surface area contributed by atoms with Gasteiger partial charge in [0.1, 0.15) is 11.5 Å². The van der Waals surface area contributed by atoms with Gasteiger partial charge in [-0.1, -0.05) is 42.5 Å². The van der Waals surface area contributed by atoms with Gasteiger partial charge in [0.25, 0.3) is 0 Å². The number of likely N-dealkylation sites (tertiary alicyclic amines) is 1. The highest BCUT2D eigenvalue weighted by Crippen LogP contribution is 2.53. The largest absolute Gasteiger partial charge is 0.466 e. The number of benzene rings is 1. The number of hydrogen-bond acceptors (Lipinski definition) is 4. The first-order valence-electron chi connectivity index (χ1n) is 8.46. The molecule has 24 heavy (non-hydrogen) atoms. The van der Waals surface area contributed by atoms with Gasteiger partial charge in [0.15, 0.2) is 0 Å². The Morgan fingerprint density at radius 2 is 2.17 bits per heavy atom. The van der Waals surface area contributed by atoms with Crippen molar-refractivity contribution >= 4 is 11.9 Å². The first-order chi connectivity index (χ1) is 11.6. The third-order valence-corrected chi connectivity index (χ3v) is 5.44. The van der Waals surface area contributed by atoms with Crippen LogP contribution in [-0.4, -0.2) is 41.6 Å². The summed E-state index contributed by atoms with van der Waals surface area (Å²) < 4.78 is 11.3. The lowest BCUT2D eigenvalue weighted by Crippen LogP contribution is -2.40. The fourth-order valence-electron chi connectivity index (χ4n) is 4.27. The summed E-state index contributed by atoms with van der Waals surface area (Å²) in [5.41, 5.74) is 0.399. The Labute approximate surface area is 141 Å². The van der Waals surface area contributed by atoms with Crippen molar-refractivity contribution in [3.05, 3.63) is 48.0 Å². The van der Waals surface area contributed by atoms with Gasteiger partial charge < -0.3 is 14.4 Å². The van der Waals surface area contributed by atoms with E-state index in [1.54, 1.807) is 6.92 Å². The Kier molecular flexibility index (Phi) is 3.49. The average molecular weight is 327 g/mol. The van der Waals surface area contributed by atoms with Crippen LogP contribution in [0.4, 0.5) is 0 Å². The SMILES string of the molecule is CCOC(=O)[C@H]1[C@H]2C(=O)N([C@@H](C)c3ccccc3)C[C@@]23C=C[C@H]1O3. The van der Waals surface area contributed by atoms with Crippen molar-refractivity contribution in [1.82, 2.24) is 4.90 Å². The number of carbonyl (C=O) groups is 2. The third-order valence-electron chi connectivity index (χ3n) is 5.44. The molecule has 3 aliphatic rings. The Hall–Kier alpha value is -2.14. The summed E-state index contributed by atoms with van der Waals surface area (Å²) in [6, 6.07) is 9.86. The highest BCUT2D eigenvalue weighted by molar-refractivity contribution is 5.91. The zero-order valence-electron chi connectivity index (χ0n) is 13.8. The Morgan fingerprint density at radius 3 is 2.88 bits per heavy atom. The van der Waals surface area contributed by atoms with Crippen LogP contribution in [0.5, 0.6) is 0 Å². The summed E-state index contributed by atoms with van der Waals surface area (Å²) in [6.45, 7) is 4.58. The number of amides is 1. The lowest BCUT2D eigenvalue weighted by atomic mass is 9.77. The van der Waals surface area contributed by atoms with Gasteiger partial charge in [-0.2, -0.15) is 0 Å². The van der Waals surface area contributed by atoms with Gasteiger partial charge >= 0.3 is 5.97 Å². The number of ether oxygens (including phenoxy) is 2. The number of rotatable bonds is 4. The minimum atomic E-state index is -0.678. The van der Waals surface area contributed by atoms with Crippen molar-refractivity contribution in [2.24, 2.45) is 11.8 Å². The predicted molar refractivity (Wildman–Crippen MR) is 86.9 cm³/mol. The van der Waals surface area contributed by atoms with E-state index in [0.717, 1.165) is 5.56 Å². The van der Waals surface area contributed by atoms with E-state index in [0.29, 0.717) is 13.2 Å². The van der Waals surface area contributed by atoms with Crippen LogP contribution in [0, 0.1) is 11.8 Å². The topological polar surface area (TPSA) is 55.8 Å². The highest BCUT2D eigenvalue weighted by Gasteiger charge is 2.67. The quantitative estimate of drug-likeness (QED) is 0.628. The Balaban J connectivity index is 1.64. The smallest absolute Gasteiger partial charge is 0.312 e. The van der Waals surface area contributed by atoms with Gasteiger partial charge in [-0.25, -0.2) is 0 Å². The van der Waals surface area contributed by atoms with Gasteiger partial charge in [0.2, 0.25) is 5.91 Å². The molecule has 4 rings (SSSR count). The molecule has 126 valence electrons. The molecule has 0 N–H and O–H groups in total. The summed E-state index contributed by atoms with van der Waals surface area (Å²) in [5.74, 6) is -1.36. The normalized spacial score (nSPS) is 34.5. The van der Waals surface area contributed by atoms with Gasteiger partial charge in [-0.3, -0.25) is 9.59 Å². The van der Waals surface area contributed by atoms with Gasteiger partial charge in [0.05, 0.1) is 31.2 Å². The summed E-state index contributed by atoms with van der Waals surface area (Å²) in [5, 5.41) is 0. The van der Waals surface area contributed by atoms with Crippen molar-refractivity contribution in [3.63, 3.8) is 0 Å². The zero-order valence-corrected chi connectivity index (χ0v) is 13.8. The number of nitrogens with zero attached hydrogens (tertiary/aromatic N) is 1. The second-order valence-corrected chi connectivity index (χ2v) is 6.70. The standard InChI is InChI=1S/C19H21NO4/c1-3-23-18(22)15-14-9-10-19(24-14)11-20(17(21)16(15)19)12(2)13-7-5-4-6-8-13/h4-10,12,14-16H,3,11H2,1-2H3/t12-,14+,15+,16-,19-/m0/s1. The second-order valence-electron chi connectivity index (χ2n) is 6.70. The minimum Gasteiger partial charge on any atom is -0.466 e. The van der Waals surface area contributed by atoms with E-state index >= 15 is 0 Å². The lowest BCUT2D eigenvalue weighted by molar-refractivity contribution is -0.153. The van der Waals surface area contributed by atoms with Gasteiger partial charge in [0, 0.05) is 0 Å². The molecule has 0 radical (unpaired) electrons. The molecule has 1 aromatic carbocycles. The predicted octanol–water partition coefficient (Wildman–Crippen LogP) is 2.09. The van der Waals surface area contributed by atoms with Crippen molar-refractivity contribution in [1.29, 1.82) is 0 Å². The van der Waals surface area contributed by atoms with Crippen molar-refractivity contribution in [3.8, 4) is 0 Å². The summed E-state index contributed by atoms with van der Waals surface area (Å²) >= 11 is 0. The van der Waals surface area contributed by atoms with E-state index in [1.807, 2.05) is 54.3 Å². The van der Waals surface area contributed by atoms with Crippen LogP contribution in [0.2, 0.25) is 0 Å². The van der Waals surface area contributed by atoms with Crippen molar-refractivity contribution in [2.45, 2.75) is 31.6 Å². The maximum atomic E-state index is 13.1. The van der Waals surface area contributed by atoms with Gasteiger partial charge in [-0.15, -0.1) is 0 Å². The maximum Gasteiger partial charge on any atom is 0.312 e. The van der Waals surface area contributed by atoms with Crippen LogP contribution < -0.4 is 0 Å². The summed E-state index contributed by atoms with van der Waals surface area (Å²) in [7, 11) is 0. The van der Waals surface area contributed by atoms with Crippen LogP contribution in [0.15, 0.2) is 42.5 Å². The van der Waals surface area contributed by atoms with Crippen LogP contribution in [0.1, 0.15) is 25.5 Å². The van der Waals surface area contributed by atoms with E-state index in [-0.39, 0.29) is 24.0 Å². The fraction of sp³-hybridized carbons (Fsp3) is 0.474. The molecule has 0 saturated carbocycles. The summed E-state index contributed by atoms with van der Waals surface area (Å²) in [4.78, 5) is 27.3. The van der Waals surface area contributed by atoms with E-state index in [1.165, 1.54) is 0 Å². The first-order valence-corrected chi connectivity index (χ1v) is 8.46. The molecule has 2 saturated heterocycles. The molecule has 3 heterocycles. The van der Waals surface area contributed by atoms with E-state index in [4.69, 9.17) is 9.47 Å². The molecule has 5 nitrogen and oxygen atoms in total. The zero-order chi connectivity index (χ0) is 16.9. The molecule has 0 aliphatic carbocycles. The van der Waals surface area contributed by atoms with Gasteiger partial charge in [-0.05, 0) is 19.4 Å². The Bertz CT molecular complexity index is 701. The number of esters is 1. The van der Waals surface area contributed by atoms with Crippen LogP contribution >= 0.6 is 0 Å². The van der Waals surface area contributed by atoms with Crippen LogP contribution in [0.3, 0.4) is 0 Å². The van der Waals surface area contributed by atoms with E-state index in [2.05, 4.69) is 0 Å². The third kappa shape index (κ3) is 2.04. The molecule has 5 heteroatoms. The van der Waals surface area contributed by atoms with E-state index in [9.17, 15) is 9.59 Å². The molecule has 5 atom stereocenters. The molecule has 0 unspecified atom stereocenters. The molecule has 2 bridgehead atoms. The molecule has 1 amide bonds. The molecule has 1 aromatic rings. The highest BCUT2D eigenvalue weighted by atomic mass is 16.6. The average Bonchev–Trinajstić information content (AvgIpc) is 3.23. The van der Waals surface area contributed by atoms with E-state index < -0.39 is 17.4 Å². The lowest BCUT2D eigenvalue weighted by Gasteiger charge is -2.27. The second kappa shape index (κ2) is 5.45. The maximum absolute atomic E-state index is 13.1. The molecular weight excluding hydrogens is 306 g/mol. The molecule has 3 aliphatic heterocycles. The molecule has 0 aromatic heterocycles. The summed E-state index contributed by atoms with van der Waals surface area (Å²) in [6.07, 6.45) is 3.53. The van der Waals surface area contributed by atoms with Crippen molar-refractivity contribution < 1.29 is 19.1 Å². The Morgan fingerprint density at radius 1 is 1.42 bits per heavy atom. The number of hydrogen-bond donors (Lipinski definition) is 0. The van der Waals surface area contributed by atoms with Crippen molar-refractivity contribution in [2.75, 3.05) is 13.2 Å². The molecule has 1 spiro atoms. The molecule has 2 fully saturated rings. The minimum absolute atomic E-state index is 0.0174. The number of fused-ring (bicyclic) bond motifs is 1. The van der Waals surface area contributed by atoms with Crippen LogP contribution in [0.25, 0.3) is 0 Å². The fourth-order valence-corrected chi connectivity index (χ4v) is 4.27. The number of carbonyl (C=O) groups excluding carboxylic acids is 2. The first kappa shape index (κ1) is 15.4. The molecular formula is C19H21NO4. The van der Waals surface area contributed by atoms with Crippen LogP contribution in [-0.2, 0) is 19.1 Å². The monoisotopic (exact) mass is 327 g/mol.